The number of rotatable bonds is 10. The molecule has 206 valence electrons. The molecule has 4 rings (SSSR count). The van der Waals surface area contributed by atoms with Crippen LogP contribution in [0.15, 0.2) is 51.9 Å². The number of hydrogen-bond acceptors (Lipinski definition) is 6. The number of nitrogens with zero attached hydrogens (tertiary/aromatic N) is 3. The lowest BCUT2D eigenvalue weighted by Gasteiger charge is -2.16. The lowest BCUT2D eigenvalue weighted by atomic mass is 9.98. The van der Waals surface area contributed by atoms with Crippen molar-refractivity contribution in [1.29, 1.82) is 0 Å². The monoisotopic (exact) mass is 549 g/mol. The molecule has 0 spiro atoms. The molecule has 0 bridgehead atoms. The van der Waals surface area contributed by atoms with Crippen LogP contribution in [-0.4, -0.2) is 36.1 Å². The van der Waals surface area contributed by atoms with Crippen LogP contribution in [0.4, 0.5) is 5.88 Å². The van der Waals surface area contributed by atoms with E-state index < -0.39 is 10.0 Å². The van der Waals surface area contributed by atoms with Crippen LogP contribution < -0.4 is 10.0 Å². The number of sulfonamides is 1. The highest BCUT2D eigenvalue weighted by atomic mass is 32.2. The molecular weight excluding hydrogens is 514 g/mol. The topological polar surface area (TPSA) is 119 Å². The molecule has 10 heteroatoms. The third-order valence-electron chi connectivity index (χ3n) is 6.85. The first kappa shape index (κ1) is 28.1. The van der Waals surface area contributed by atoms with Crippen molar-refractivity contribution in [1.82, 2.24) is 20.0 Å². The van der Waals surface area contributed by atoms with E-state index in [0.29, 0.717) is 35.5 Å². The molecule has 0 fully saturated rings. The second-order valence-corrected chi connectivity index (χ2v) is 11.2. The largest absolute Gasteiger partial charge is 0.354 e. The molecule has 0 aliphatic heterocycles. The first-order valence-electron chi connectivity index (χ1n) is 13.1. The Morgan fingerprint density at radius 2 is 1.79 bits per heavy atom. The molecule has 2 aromatic heterocycles. The van der Waals surface area contributed by atoms with Crippen LogP contribution in [0.5, 0.6) is 0 Å². The molecule has 0 saturated carbocycles. The summed E-state index contributed by atoms with van der Waals surface area (Å²) in [5.74, 6) is 0.838. The molecule has 2 N–H and O–H groups in total. The molecule has 4 aromatic rings. The fourth-order valence-electron chi connectivity index (χ4n) is 4.68. The van der Waals surface area contributed by atoms with Crippen LogP contribution in [0.2, 0.25) is 0 Å². The second-order valence-electron chi connectivity index (χ2n) is 9.57. The van der Waals surface area contributed by atoms with Crippen molar-refractivity contribution in [3.8, 4) is 11.1 Å². The number of aromatic nitrogens is 3. The number of benzene rings is 2. The van der Waals surface area contributed by atoms with Crippen molar-refractivity contribution in [2.24, 2.45) is 0 Å². The Kier molecular flexibility index (Phi) is 8.25. The van der Waals surface area contributed by atoms with Gasteiger partial charge in [0.25, 0.3) is 15.9 Å². The second kappa shape index (κ2) is 11.4. The molecule has 2 aromatic carbocycles. The lowest BCUT2D eigenvalue weighted by Crippen LogP contribution is -2.24. The number of carbonyl (C=O) groups is 1. The zero-order chi connectivity index (χ0) is 28.3. The first-order chi connectivity index (χ1) is 18.6. The van der Waals surface area contributed by atoms with Gasteiger partial charge in [0.2, 0.25) is 5.88 Å². The Hall–Kier alpha value is -3.92. The van der Waals surface area contributed by atoms with Crippen LogP contribution in [0.1, 0.15) is 64.7 Å². The molecule has 0 aliphatic rings. The fraction of sp³-hybridized carbons (Fsp3) is 0.345. The highest BCUT2D eigenvalue weighted by Crippen LogP contribution is 2.32. The van der Waals surface area contributed by atoms with Gasteiger partial charge in [-0.25, -0.2) is 18.1 Å². The summed E-state index contributed by atoms with van der Waals surface area (Å²) < 4.78 is 36.5. The number of amides is 1. The SMILES string of the molecule is CCCc1nc(CC)c(C(=O)NC)n1Cc1ccc(-c2ccccc2S(=O)(=O)Nc2onc(C)c2C)c(C)c1. The molecule has 0 atom stereocenters. The summed E-state index contributed by atoms with van der Waals surface area (Å²) in [4.78, 5) is 17.7. The average molecular weight is 550 g/mol. The normalized spacial score (nSPS) is 11.5. The molecule has 0 radical (unpaired) electrons. The number of carbonyl (C=O) groups excluding carboxylic acids is 1. The van der Waals surface area contributed by atoms with Gasteiger partial charge < -0.3 is 14.4 Å². The minimum atomic E-state index is -3.95. The van der Waals surface area contributed by atoms with Gasteiger partial charge in [-0.05, 0) is 56.4 Å². The van der Waals surface area contributed by atoms with E-state index in [2.05, 4.69) is 22.1 Å². The van der Waals surface area contributed by atoms with E-state index in [1.165, 1.54) is 0 Å². The molecular formula is C29H35N5O4S. The Morgan fingerprint density at radius 1 is 1.05 bits per heavy atom. The van der Waals surface area contributed by atoms with E-state index in [0.717, 1.165) is 41.1 Å². The van der Waals surface area contributed by atoms with Gasteiger partial charge in [0.15, 0.2) is 0 Å². The summed E-state index contributed by atoms with van der Waals surface area (Å²) >= 11 is 0. The van der Waals surface area contributed by atoms with E-state index >= 15 is 0 Å². The maximum absolute atomic E-state index is 13.4. The number of nitrogens with one attached hydrogen (secondary N) is 2. The third-order valence-corrected chi connectivity index (χ3v) is 8.24. The van der Waals surface area contributed by atoms with Crippen molar-refractivity contribution in [3.05, 3.63) is 82.1 Å². The van der Waals surface area contributed by atoms with Gasteiger partial charge in [-0.15, -0.1) is 0 Å². The third kappa shape index (κ3) is 5.61. The molecule has 9 nitrogen and oxygen atoms in total. The van der Waals surface area contributed by atoms with E-state index in [9.17, 15) is 13.2 Å². The molecule has 2 heterocycles. The van der Waals surface area contributed by atoms with E-state index in [1.54, 1.807) is 39.1 Å². The summed E-state index contributed by atoms with van der Waals surface area (Å²) in [6.07, 6.45) is 2.35. The van der Waals surface area contributed by atoms with E-state index in [1.807, 2.05) is 42.7 Å². The molecule has 0 saturated heterocycles. The molecule has 39 heavy (non-hydrogen) atoms. The van der Waals surface area contributed by atoms with Gasteiger partial charge >= 0.3 is 0 Å². The molecule has 0 unspecified atom stereocenters. The Balaban J connectivity index is 1.72. The number of anilines is 1. The molecule has 1 amide bonds. The summed E-state index contributed by atoms with van der Waals surface area (Å²) in [5, 5.41) is 6.60. The standard InChI is InChI=1S/C29H35N5O4S/c1-7-11-26-31-24(8-2)27(28(35)30-6)34(26)17-21-14-15-22(18(3)16-21)23-12-9-10-13-25(23)39(36,37)33-29-19(4)20(5)32-38-29/h9-10,12-16,33H,7-8,11,17H2,1-6H3,(H,30,35). The van der Waals surface area contributed by atoms with Crippen LogP contribution in [0, 0.1) is 20.8 Å². The van der Waals surface area contributed by atoms with Gasteiger partial charge in [-0.1, -0.05) is 55.4 Å². The predicted octanol–water partition coefficient (Wildman–Crippen LogP) is 5.19. The maximum atomic E-state index is 13.4. The van der Waals surface area contributed by atoms with Crippen molar-refractivity contribution in [2.45, 2.75) is 65.3 Å². The summed E-state index contributed by atoms with van der Waals surface area (Å²) in [7, 11) is -2.32. The fourth-order valence-corrected chi connectivity index (χ4v) is 5.95. The minimum Gasteiger partial charge on any atom is -0.354 e. The smallest absolute Gasteiger partial charge is 0.269 e. The quantitative estimate of drug-likeness (QED) is 0.281. The van der Waals surface area contributed by atoms with Crippen molar-refractivity contribution < 1.29 is 17.7 Å². The Morgan fingerprint density at radius 3 is 2.41 bits per heavy atom. The van der Waals surface area contributed by atoms with Crippen molar-refractivity contribution in [3.63, 3.8) is 0 Å². The number of hydrogen-bond donors (Lipinski definition) is 2. The van der Waals surface area contributed by atoms with Gasteiger partial charge in [0, 0.05) is 31.1 Å². The van der Waals surface area contributed by atoms with E-state index in [4.69, 9.17) is 9.51 Å². The highest BCUT2D eigenvalue weighted by molar-refractivity contribution is 7.92. The number of aryl methyl sites for hydroxylation is 4. The van der Waals surface area contributed by atoms with Crippen molar-refractivity contribution in [2.75, 3.05) is 11.8 Å². The minimum absolute atomic E-state index is 0.107. The van der Waals surface area contributed by atoms with Gasteiger partial charge in [-0.2, -0.15) is 0 Å². The van der Waals surface area contributed by atoms with Gasteiger partial charge in [-0.3, -0.25) is 4.79 Å². The zero-order valence-corrected chi connectivity index (χ0v) is 24.1. The van der Waals surface area contributed by atoms with Crippen LogP contribution >= 0.6 is 0 Å². The predicted molar refractivity (Wildman–Crippen MR) is 151 cm³/mol. The van der Waals surface area contributed by atoms with Crippen LogP contribution in [0.25, 0.3) is 11.1 Å². The van der Waals surface area contributed by atoms with Crippen molar-refractivity contribution >= 4 is 21.8 Å². The van der Waals surface area contributed by atoms with Crippen LogP contribution in [-0.2, 0) is 29.4 Å². The van der Waals surface area contributed by atoms with Gasteiger partial charge in [0.05, 0.1) is 16.3 Å². The average Bonchev–Trinajstić information content (AvgIpc) is 3.42. The van der Waals surface area contributed by atoms with E-state index in [-0.39, 0.29) is 16.7 Å². The maximum Gasteiger partial charge on any atom is 0.269 e. The summed E-state index contributed by atoms with van der Waals surface area (Å²) in [5.41, 5.74) is 5.92. The summed E-state index contributed by atoms with van der Waals surface area (Å²) in [6.45, 7) is 10.0. The number of imidazole rings is 1. The lowest BCUT2D eigenvalue weighted by molar-refractivity contribution is 0.0953. The van der Waals surface area contributed by atoms with Gasteiger partial charge in [0.1, 0.15) is 11.5 Å². The Bertz CT molecular complexity index is 1620. The zero-order valence-electron chi connectivity index (χ0n) is 23.3. The highest BCUT2D eigenvalue weighted by Gasteiger charge is 2.24. The van der Waals surface area contributed by atoms with Crippen LogP contribution in [0.3, 0.4) is 0 Å². The Labute approximate surface area is 229 Å². The first-order valence-corrected chi connectivity index (χ1v) is 14.5. The molecule has 0 aliphatic carbocycles. The summed E-state index contributed by atoms with van der Waals surface area (Å²) in [6, 6.07) is 12.8.